The highest BCUT2D eigenvalue weighted by atomic mass is 35.5. The molecule has 4 aliphatic heterocycles. The quantitative estimate of drug-likeness (QED) is 0.594. The van der Waals surface area contributed by atoms with Crippen molar-refractivity contribution in [2.45, 2.75) is 80.9 Å². The van der Waals surface area contributed by atoms with Gasteiger partial charge in [-0.15, -0.1) is 0 Å². The van der Waals surface area contributed by atoms with Crippen molar-refractivity contribution in [3.05, 3.63) is 41.1 Å². The maximum Gasteiger partial charge on any atom is 0.410 e. The topological polar surface area (TPSA) is 70.2 Å². The highest BCUT2D eigenvalue weighted by molar-refractivity contribution is 7.89. The zero-order valence-corrected chi connectivity index (χ0v) is 21.1. The molecule has 7 nitrogen and oxygen atoms in total. The van der Waals surface area contributed by atoms with Crippen LogP contribution in [0.4, 0.5) is 4.79 Å². The van der Waals surface area contributed by atoms with E-state index in [4.69, 9.17) is 16.3 Å². The molecule has 0 N–H and O–H groups in total. The molecule has 186 valence electrons. The van der Waals surface area contributed by atoms with Gasteiger partial charge in [0.1, 0.15) is 6.10 Å². The Kier molecular flexibility index (Phi) is 7.09. The number of benzene rings is 1. The normalized spacial score (nSPS) is 26.8. The third-order valence-electron chi connectivity index (χ3n) is 7.78. The molecule has 5 rings (SSSR count). The second-order valence-electron chi connectivity index (χ2n) is 9.88. The molecule has 2 bridgehead atoms. The molecule has 0 saturated carbocycles. The van der Waals surface area contributed by atoms with Crippen LogP contribution in [0.15, 0.2) is 40.9 Å². The first-order chi connectivity index (χ1) is 16.4. The van der Waals surface area contributed by atoms with Crippen LogP contribution in [0.25, 0.3) is 0 Å². The number of allylic oxidation sites excluding steroid dienone is 1. The molecular weight excluding hydrogens is 474 g/mol. The fraction of sp³-hybridized carbons (Fsp3) is 0.640. The van der Waals surface area contributed by atoms with Crippen molar-refractivity contribution in [3.63, 3.8) is 0 Å². The van der Waals surface area contributed by atoms with Crippen molar-refractivity contribution in [2.24, 2.45) is 0 Å². The SMILES string of the molecule is O=C(O[C@H]1CC=C2CCCC1N2S(=O)(=O)c1ccc(Cl)cc1)N1CCC(N2CCCCC2)CC1. The summed E-state index contributed by atoms with van der Waals surface area (Å²) in [5.41, 5.74) is 0.806. The minimum atomic E-state index is -3.76. The number of hydrogen-bond acceptors (Lipinski definition) is 5. The number of amides is 1. The monoisotopic (exact) mass is 507 g/mol. The van der Waals surface area contributed by atoms with Gasteiger partial charge in [-0.3, -0.25) is 4.31 Å². The third kappa shape index (κ3) is 4.82. The van der Waals surface area contributed by atoms with Crippen molar-refractivity contribution >= 4 is 27.7 Å². The molecule has 0 aliphatic carbocycles. The van der Waals surface area contributed by atoms with Gasteiger partial charge in [0.25, 0.3) is 10.0 Å². The first-order valence-electron chi connectivity index (χ1n) is 12.6. The van der Waals surface area contributed by atoms with Crippen LogP contribution in [-0.2, 0) is 14.8 Å². The molecule has 3 fully saturated rings. The molecule has 4 aliphatic rings. The van der Waals surface area contributed by atoms with Crippen molar-refractivity contribution in [1.82, 2.24) is 14.1 Å². The predicted molar refractivity (Wildman–Crippen MR) is 131 cm³/mol. The van der Waals surface area contributed by atoms with Gasteiger partial charge in [0.15, 0.2) is 0 Å². The van der Waals surface area contributed by atoms with Crippen molar-refractivity contribution < 1.29 is 17.9 Å². The lowest BCUT2D eigenvalue weighted by atomic mass is 9.91. The van der Waals surface area contributed by atoms with Gasteiger partial charge in [-0.2, -0.15) is 0 Å². The van der Waals surface area contributed by atoms with Gasteiger partial charge in [0.2, 0.25) is 0 Å². The fourth-order valence-electron chi connectivity index (χ4n) is 5.95. The summed E-state index contributed by atoms with van der Waals surface area (Å²) < 4.78 is 34.5. The molecule has 4 heterocycles. The highest BCUT2D eigenvalue weighted by Crippen LogP contribution is 2.39. The first kappa shape index (κ1) is 23.9. The van der Waals surface area contributed by atoms with Gasteiger partial charge in [-0.05, 0) is 82.3 Å². The van der Waals surface area contributed by atoms with E-state index < -0.39 is 16.1 Å². The van der Waals surface area contributed by atoms with Gasteiger partial charge < -0.3 is 14.5 Å². The van der Waals surface area contributed by atoms with Crippen molar-refractivity contribution in [2.75, 3.05) is 26.2 Å². The van der Waals surface area contributed by atoms with Gasteiger partial charge in [-0.25, -0.2) is 13.2 Å². The number of piperidine rings is 3. The van der Waals surface area contributed by atoms with Crippen LogP contribution in [0.2, 0.25) is 5.02 Å². The zero-order chi connectivity index (χ0) is 23.7. The number of sulfonamides is 1. The van der Waals surface area contributed by atoms with E-state index in [0.29, 0.717) is 43.4 Å². The predicted octanol–water partition coefficient (Wildman–Crippen LogP) is 4.63. The number of halogens is 1. The summed E-state index contributed by atoms with van der Waals surface area (Å²) in [6.45, 7) is 3.74. The Labute approximate surface area is 207 Å². The average Bonchev–Trinajstić information content (AvgIpc) is 2.86. The summed E-state index contributed by atoms with van der Waals surface area (Å²) in [6.07, 6.45) is 9.82. The maximum absolute atomic E-state index is 13.5. The first-order valence-corrected chi connectivity index (χ1v) is 14.4. The van der Waals surface area contributed by atoms with E-state index >= 15 is 0 Å². The Hall–Kier alpha value is -1.77. The summed E-state index contributed by atoms with van der Waals surface area (Å²) in [7, 11) is -3.76. The van der Waals surface area contributed by atoms with Crippen molar-refractivity contribution in [3.8, 4) is 0 Å². The molecule has 9 heteroatoms. The van der Waals surface area contributed by atoms with Gasteiger partial charge >= 0.3 is 6.09 Å². The van der Waals surface area contributed by atoms with Gasteiger partial charge in [-0.1, -0.05) is 24.1 Å². The molecule has 3 saturated heterocycles. The summed E-state index contributed by atoms with van der Waals surface area (Å²) >= 11 is 5.97. The number of nitrogens with zero attached hydrogens (tertiary/aromatic N) is 3. The van der Waals surface area contributed by atoms with E-state index in [1.54, 1.807) is 17.0 Å². The lowest BCUT2D eigenvalue weighted by Crippen LogP contribution is -2.54. The van der Waals surface area contributed by atoms with E-state index in [2.05, 4.69) is 4.90 Å². The molecule has 0 aromatic heterocycles. The van der Waals surface area contributed by atoms with E-state index in [-0.39, 0.29) is 17.0 Å². The van der Waals surface area contributed by atoms with Gasteiger partial charge in [0, 0.05) is 36.3 Å². The highest BCUT2D eigenvalue weighted by Gasteiger charge is 2.44. The third-order valence-corrected chi connectivity index (χ3v) is 9.93. The van der Waals surface area contributed by atoms with Gasteiger partial charge in [0.05, 0.1) is 10.9 Å². The second-order valence-corrected chi connectivity index (χ2v) is 12.1. The summed E-state index contributed by atoms with van der Waals surface area (Å²) in [6, 6.07) is 6.44. The molecular formula is C25H34ClN3O4S. The largest absolute Gasteiger partial charge is 0.444 e. The van der Waals surface area contributed by atoms with Crippen molar-refractivity contribution in [1.29, 1.82) is 0 Å². The zero-order valence-electron chi connectivity index (χ0n) is 19.6. The Morgan fingerprint density at radius 2 is 1.65 bits per heavy atom. The Balaban J connectivity index is 1.25. The molecule has 1 aromatic carbocycles. The smallest absolute Gasteiger partial charge is 0.410 e. The Morgan fingerprint density at radius 1 is 0.941 bits per heavy atom. The standard InChI is InChI=1S/C25H34ClN3O4S/c26-19-7-10-22(11-8-19)34(31,32)29-21-5-4-6-23(29)24(12-9-21)33-25(30)28-17-13-20(14-18-28)27-15-2-1-3-16-27/h7-11,20,23-24H,1-6,12-18H2/t23?,24-/m0/s1. The fourth-order valence-corrected chi connectivity index (χ4v) is 7.86. The van der Waals surface area contributed by atoms with Crippen LogP contribution < -0.4 is 0 Å². The second kappa shape index (κ2) is 10.1. The van der Waals surface area contributed by atoms with E-state index in [1.165, 1.54) is 48.8 Å². The lowest BCUT2D eigenvalue weighted by Gasteiger charge is -2.45. The van der Waals surface area contributed by atoms with Crippen LogP contribution in [0, 0.1) is 0 Å². The number of fused-ring (bicyclic) bond motifs is 2. The minimum absolute atomic E-state index is 0.210. The van der Waals surface area contributed by atoms with Crippen LogP contribution in [0.3, 0.4) is 0 Å². The van der Waals surface area contributed by atoms with Crippen LogP contribution in [0.5, 0.6) is 0 Å². The number of ether oxygens (including phenoxy) is 1. The minimum Gasteiger partial charge on any atom is -0.444 e. The molecule has 0 radical (unpaired) electrons. The molecule has 1 unspecified atom stereocenters. The summed E-state index contributed by atoms with van der Waals surface area (Å²) in [5.74, 6) is 0. The molecule has 2 atom stereocenters. The summed E-state index contributed by atoms with van der Waals surface area (Å²) in [5, 5.41) is 0.493. The number of carbonyl (C=O) groups is 1. The Bertz CT molecular complexity index is 1020. The molecule has 0 spiro atoms. The number of carbonyl (C=O) groups excluding carboxylic acids is 1. The van der Waals surface area contributed by atoms with E-state index in [9.17, 15) is 13.2 Å². The number of hydrogen-bond donors (Lipinski definition) is 0. The van der Waals surface area contributed by atoms with Crippen LogP contribution >= 0.6 is 11.6 Å². The number of rotatable bonds is 4. The average molecular weight is 508 g/mol. The Morgan fingerprint density at radius 3 is 2.35 bits per heavy atom. The van der Waals surface area contributed by atoms with E-state index in [0.717, 1.165) is 25.0 Å². The maximum atomic E-state index is 13.5. The van der Waals surface area contributed by atoms with E-state index in [1.807, 2.05) is 6.08 Å². The summed E-state index contributed by atoms with van der Waals surface area (Å²) in [4.78, 5) is 17.7. The molecule has 1 amide bonds. The number of likely N-dealkylation sites (tertiary alicyclic amines) is 2. The van der Waals surface area contributed by atoms with Crippen LogP contribution in [0.1, 0.15) is 57.8 Å². The molecule has 1 aromatic rings. The van der Waals surface area contributed by atoms with Crippen LogP contribution in [-0.4, -0.2) is 73.0 Å². The molecule has 34 heavy (non-hydrogen) atoms. The lowest BCUT2D eigenvalue weighted by molar-refractivity contribution is 0.0112.